The summed E-state index contributed by atoms with van der Waals surface area (Å²) in [7, 11) is 6.30. The van der Waals surface area contributed by atoms with E-state index in [0.29, 0.717) is 52.9 Å². The van der Waals surface area contributed by atoms with Crippen LogP contribution in [0.1, 0.15) is 0 Å². The molecule has 0 aliphatic heterocycles. The summed E-state index contributed by atoms with van der Waals surface area (Å²) in [6, 6.07) is 0. The van der Waals surface area contributed by atoms with E-state index in [9.17, 15) is 4.79 Å². The second kappa shape index (κ2) is 22.6. The Hall–Kier alpha value is -1.05. The summed E-state index contributed by atoms with van der Waals surface area (Å²) in [6.45, 7) is 3.77. The van der Waals surface area contributed by atoms with Crippen LogP contribution < -0.4 is 0 Å². The molecular weight excluding hydrogens is 404 g/mol. The molecule has 180 valence electrons. The lowest BCUT2D eigenvalue weighted by molar-refractivity contribution is -0.0904. The Morgan fingerprint density at radius 2 is 0.767 bits per heavy atom. The molecule has 0 aromatic heterocycles. The second-order valence-electron chi connectivity index (χ2n) is 6.00. The molecule has 11 nitrogen and oxygen atoms in total. The molecule has 0 aromatic carbocycles. The van der Waals surface area contributed by atoms with E-state index in [1.165, 1.54) is 0 Å². The molecule has 0 aliphatic rings. The molecule has 0 amide bonds. The highest BCUT2D eigenvalue weighted by Crippen LogP contribution is 2.04. The van der Waals surface area contributed by atoms with E-state index < -0.39 is 18.4 Å². The van der Waals surface area contributed by atoms with Gasteiger partial charge in [-0.2, -0.15) is 0 Å². The minimum atomic E-state index is -0.860. The molecule has 0 aliphatic carbocycles. The topological polar surface area (TPSA) is 109 Å². The molecule has 0 radical (unpaired) electrons. The first kappa shape index (κ1) is 28.9. The standard InChI is InChI=1S/C19H38O11/c1-21-5-9-25-13-17(14-26-10-6-22-2)29-19(20)30-18(15-27-11-7-23-3)16-28-12-8-24-4/h17-18H,5-16H2,1-4H3. The average Bonchev–Trinajstić information content (AvgIpc) is 2.74. The summed E-state index contributed by atoms with van der Waals surface area (Å²) in [5.74, 6) is 0. The van der Waals surface area contributed by atoms with E-state index in [2.05, 4.69) is 0 Å². The summed E-state index contributed by atoms with van der Waals surface area (Å²) < 4.78 is 52.1. The predicted molar refractivity (Wildman–Crippen MR) is 106 cm³/mol. The van der Waals surface area contributed by atoms with E-state index in [1.54, 1.807) is 28.4 Å². The monoisotopic (exact) mass is 442 g/mol. The van der Waals surface area contributed by atoms with Crippen LogP contribution in [0.2, 0.25) is 0 Å². The normalized spacial score (nSPS) is 11.4. The largest absolute Gasteiger partial charge is 0.509 e. The molecule has 30 heavy (non-hydrogen) atoms. The van der Waals surface area contributed by atoms with Crippen LogP contribution in [0.4, 0.5) is 4.79 Å². The zero-order chi connectivity index (χ0) is 22.3. The van der Waals surface area contributed by atoms with Gasteiger partial charge >= 0.3 is 6.16 Å². The molecule has 0 rings (SSSR count). The van der Waals surface area contributed by atoms with Crippen LogP contribution in [-0.2, 0) is 47.4 Å². The van der Waals surface area contributed by atoms with Gasteiger partial charge in [0.25, 0.3) is 0 Å². The quantitative estimate of drug-likeness (QED) is 0.173. The lowest BCUT2D eigenvalue weighted by Crippen LogP contribution is -2.34. The smallest absolute Gasteiger partial charge is 0.426 e. The fourth-order valence-electron chi connectivity index (χ4n) is 1.96. The Balaban J connectivity index is 4.50. The van der Waals surface area contributed by atoms with Gasteiger partial charge in [0.05, 0.1) is 79.3 Å². The van der Waals surface area contributed by atoms with Crippen LogP contribution in [0.25, 0.3) is 0 Å². The van der Waals surface area contributed by atoms with Crippen LogP contribution in [0.5, 0.6) is 0 Å². The number of carbonyl (C=O) groups excluding carboxylic acids is 1. The molecule has 11 heteroatoms. The van der Waals surface area contributed by atoms with Crippen molar-refractivity contribution in [2.45, 2.75) is 12.2 Å². The fraction of sp³-hybridized carbons (Fsp3) is 0.947. The zero-order valence-electron chi connectivity index (χ0n) is 18.6. The minimum Gasteiger partial charge on any atom is -0.426 e. The average molecular weight is 443 g/mol. The SMILES string of the molecule is COCCOCC(COCCOC)OC(=O)OC(COCCOC)COCCOC. The van der Waals surface area contributed by atoms with Crippen LogP contribution >= 0.6 is 0 Å². The molecule has 0 aromatic rings. The fourth-order valence-corrected chi connectivity index (χ4v) is 1.96. The second-order valence-corrected chi connectivity index (χ2v) is 6.00. The number of rotatable bonds is 22. The Morgan fingerprint density at radius 3 is 1.00 bits per heavy atom. The summed E-state index contributed by atoms with van der Waals surface area (Å²) in [6.07, 6.45) is -2.15. The van der Waals surface area contributed by atoms with Crippen molar-refractivity contribution in [1.29, 1.82) is 0 Å². The zero-order valence-corrected chi connectivity index (χ0v) is 18.6. The van der Waals surface area contributed by atoms with Crippen LogP contribution in [0.15, 0.2) is 0 Å². The molecule has 0 spiro atoms. The van der Waals surface area contributed by atoms with Crippen LogP contribution in [0.3, 0.4) is 0 Å². The van der Waals surface area contributed by atoms with E-state index in [4.69, 9.17) is 47.4 Å². The first-order chi connectivity index (χ1) is 14.7. The lowest BCUT2D eigenvalue weighted by atomic mass is 10.4. The third-order valence-electron chi connectivity index (χ3n) is 3.47. The molecule has 0 bridgehead atoms. The lowest BCUT2D eigenvalue weighted by Gasteiger charge is -2.21. The maximum atomic E-state index is 12.3. The molecule has 0 unspecified atom stereocenters. The predicted octanol–water partition coefficient (Wildman–Crippen LogP) is 0.529. The van der Waals surface area contributed by atoms with Crippen molar-refractivity contribution in [1.82, 2.24) is 0 Å². The van der Waals surface area contributed by atoms with Crippen molar-refractivity contribution < 1.29 is 52.2 Å². The van der Waals surface area contributed by atoms with Crippen molar-refractivity contribution in [3.8, 4) is 0 Å². The van der Waals surface area contributed by atoms with E-state index in [1.807, 2.05) is 0 Å². The Kier molecular flexibility index (Phi) is 21.8. The van der Waals surface area contributed by atoms with Gasteiger partial charge < -0.3 is 47.4 Å². The van der Waals surface area contributed by atoms with Gasteiger partial charge in [0.2, 0.25) is 0 Å². The molecule has 0 saturated heterocycles. The summed E-state index contributed by atoms with van der Waals surface area (Å²) in [5.41, 5.74) is 0. The van der Waals surface area contributed by atoms with Gasteiger partial charge in [-0.25, -0.2) is 4.79 Å². The highest BCUT2D eigenvalue weighted by atomic mass is 16.7. The number of hydrogen-bond acceptors (Lipinski definition) is 11. The molecule has 0 heterocycles. The van der Waals surface area contributed by atoms with Crippen molar-refractivity contribution in [3.05, 3.63) is 0 Å². The highest BCUT2D eigenvalue weighted by Gasteiger charge is 2.21. The van der Waals surface area contributed by atoms with Crippen molar-refractivity contribution >= 4 is 6.16 Å². The summed E-state index contributed by atoms with van der Waals surface area (Å²) in [5, 5.41) is 0. The van der Waals surface area contributed by atoms with Gasteiger partial charge in [0.15, 0.2) is 12.2 Å². The van der Waals surface area contributed by atoms with Gasteiger partial charge in [-0.05, 0) is 0 Å². The third kappa shape index (κ3) is 18.9. The Bertz CT molecular complexity index is 314. The number of carbonyl (C=O) groups is 1. The summed E-state index contributed by atoms with van der Waals surface area (Å²) >= 11 is 0. The van der Waals surface area contributed by atoms with E-state index in [0.717, 1.165) is 0 Å². The highest BCUT2D eigenvalue weighted by molar-refractivity contribution is 5.60. The first-order valence-corrected chi connectivity index (χ1v) is 9.81. The third-order valence-corrected chi connectivity index (χ3v) is 3.47. The molecule has 0 N–H and O–H groups in total. The maximum absolute atomic E-state index is 12.3. The van der Waals surface area contributed by atoms with Crippen molar-refractivity contribution in [2.24, 2.45) is 0 Å². The van der Waals surface area contributed by atoms with Gasteiger partial charge in [0.1, 0.15) is 0 Å². The number of methoxy groups -OCH3 is 4. The minimum absolute atomic E-state index is 0.144. The number of hydrogen-bond donors (Lipinski definition) is 0. The van der Waals surface area contributed by atoms with Crippen LogP contribution in [-0.4, -0.2) is 126 Å². The molecule has 0 fully saturated rings. The van der Waals surface area contributed by atoms with Crippen LogP contribution in [0, 0.1) is 0 Å². The molecular formula is C19H38O11. The molecule has 0 atom stereocenters. The van der Waals surface area contributed by atoms with Gasteiger partial charge in [-0.3, -0.25) is 0 Å². The van der Waals surface area contributed by atoms with Crippen molar-refractivity contribution in [3.63, 3.8) is 0 Å². The summed E-state index contributed by atoms with van der Waals surface area (Å²) in [4.78, 5) is 12.3. The Morgan fingerprint density at radius 1 is 0.500 bits per heavy atom. The van der Waals surface area contributed by atoms with Gasteiger partial charge in [-0.15, -0.1) is 0 Å². The first-order valence-electron chi connectivity index (χ1n) is 9.81. The van der Waals surface area contributed by atoms with Gasteiger partial charge in [-0.1, -0.05) is 0 Å². The maximum Gasteiger partial charge on any atom is 0.509 e. The molecule has 0 saturated carbocycles. The van der Waals surface area contributed by atoms with E-state index in [-0.39, 0.29) is 26.4 Å². The van der Waals surface area contributed by atoms with E-state index >= 15 is 0 Å². The van der Waals surface area contributed by atoms with Crippen molar-refractivity contribution in [2.75, 3.05) is 108 Å². The van der Waals surface area contributed by atoms with Gasteiger partial charge in [0, 0.05) is 28.4 Å². The number of ether oxygens (including phenoxy) is 10. The Labute approximate surface area is 179 Å².